The zero-order valence-electron chi connectivity index (χ0n) is 13.6. The number of hydrogen-bond acceptors (Lipinski definition) is 2. The third-order valence-corrected chi connectivity index (χ3v) is 5.19. The third kappa shape index (κ3) is 6.15. The first-order valence-corrected chi connectivity index (χ1v) is 8.61. The number of halogens is 1. The molecule has 2 saturated carbocycles. The maximum absolute atomic E-state index is 12.4. The summed E-state index contributed by atoms with van der Waals surface area (Å²) in [7, 11) is 0. The minimum Gasteiger partial charge on any atom is -0.354 e. The fourth-order valence-corrected chi connectivity index (χ4v) is 3.50. The SMILES string of the molecule is CC(C)C(CC1CCCCC1)C(=O)NCC(N)C1CC1.Cl. The lowest BCUT2D eigenvalue weighted by atomic mass is 9.79. The molecule has 0 saturated heterocycles. The molecule has 21 heavy (non-hydrogen) atoms. The van der Waals surface area contributed by atoms with Crippen molar-refractivity contribution in [2.45, 2.75) is 71.3 Å². The average Bonchev–Trinajstić information content (AvgIpc) is 3.27. The first-order chi connectivity index (χ1) is 9.58. The van der Waals surface area contributed by atoms with Crippen molar-refractivity contribution >= 4 is 18.3 Å². The van der Waals surface area contributed by atoms with Gasteiger partial charge >= 0.3 is 0 Å². The molecule has 0 bridgehead atoms. The van der Waals surface area contributed by atoms with Crippen LogP contribution in [0, 0.1) is 23.7 Å². The van der Waals surface area contributed by atoms with E-state index in [0.717, 1.165) is 12.3 Å². The van der Waals surface area contributed by atoms with E-state index in [0.29, 0.717) is 18.4 Å². The monoisotopic (exact) mass is 316 g/mol. The second-order valence-corrected chi connectivity index (χ2v) is 7.34. The van der Waals surface area contributed by atoms with Crippen LogP contribution in [0.25, 0.3) is 0 Å². The Labute approximate surface area is 136 Å². The summed E-state index contributed by atoms with van der Waals surface area (Å²) < 4.78 is 0. The number of nitrogens with one attached hydrogen (secondary N) is 1. The minimum absolute atomic E-state index is 0. The van der Waals surface area contributed by atoms with Gasteiger partial charge in [-0.3, -0.25) is 4.79 Å². The Morgan fingerprint density at radius 3 is 2.29 bits per heavy atom. The van der Waals surface area contributed by atoms with Gasteiger partial charge in [0.05, 0.1) is 0 Å². The Bertz CT molecular complexity index is 312. The first-order valence-electron chi connectivity index (χ1n) is 8.61. The summed E-state index contributed by atoms with van der Waals surface area (Å²) in [5.74, 6) is 2.26. The van der Waals surface area contributed by atoms with Gasteiger partial charge in [-0.15, -0.1) is 12.4 Å². The molecule has 2 fully saturated rings. The quantitative estimate of drug-likeness (QED) is 0.755. The lowest BCUT2D eigenvalue weighted by Crippen LogP contribution is -2.42. The molecule has 2 unspecified atom stereocenters. The van der Waals surface area contributed by atoms with Gasteiger partial charge in [0.2, 0.25) is 5.91 Å². The van der Waals surface area contributed by atoms with Crippen LogP contribution >= 0.6 is 12.4 Å². The number of amides is 1. The van der Waals surface area contributed by atoms with Gasteiger partial charge in [-0.2, -0.15) is 0 Å². The van der Waals surface area contributed by atoms with Crippen LogP contribution in [0.1, 0.15) is 65.2 Å². The number of rotatable bonds is 7. The van der Waals surface area contributed by atoms with Crippen LogP contribution in [0.5, 0.6) is 0 Å². The Balaban J connectivity index is 0.00000220. The predicted octanol–water partition coefficient (Wildman–Crippen LogP) is 3.50. The van der Waals surface area contributed by atoms with Gasteiger partial charge in [-0.25, -0.2) is 0 Å². The van der Waals surface area contributed by atoms with Gasteiger partial charge in [-0.1, -0.05) is 46.0 Å². The molecule has 3 N–H and O–H groups in total. The highest BCUT2D eigenvalue weighted by atomic mass is 35.5. The molecule has 124 valence electrons. The van der Waals surface area contributed by atoms with Crippen molar-refractivity contribution in [1.82, 2.24) is 5.32 Å². The number of nitrogens with two attached hydrogens (primary N) is 1. The predicted molar refractivity (Wildman–Crippen MR) is 90.5 cm³/mol. The highest BCUT2D eigenvalue weighted by molar-refractivity contribution is 5.85. The highest BCUT2D eigenvalue weighted by Gasteiger charge is 2.30. The van der Waals surface area contributed by atoms with Crippen LogP contribution in [0.4, 0.5) is 0 Å². The molecule has 0 heterocycles. The lowest BCUT2D eigenvalue weighted by molar-refractivity contribution is -0.127. The van der Waals surface area contributed by atoms with Crippen molar-refractivity contribution in [3.63, 3.8) is 0 Å². The fraction of sp³-hybridized carbons (Fsp3) is 0.941. The summed E-state index contributed by atoms with van der Waals surface area (Å²) in [6, 6.07) is 0.168. The second kappa shape index (κ2) is 8.99. The molecule has 2 aliphatic carbocycles. The van der Waals surface area contributed by atoms with E-state index in [4.69, 9.17) is 5.73 Å². The molecule has 0 aromatic carbocycles. The Hall–Kier alpha value is -0.280. The molecule has 1 amide bonds. The summed E-state index contributed by atoms with van der Waals surface area (Å²) in [6.45, 7) is 5.01. The van der Waals surface area contributed by atoms with E-state index in [1.54, 1.807) is 0 Å². The van der Waals surface area contributed by atoms with Crippen LogP contribution in [0.15, 0.2) is 0 Å². The number of hydrogen-bond donors (Lipinski definition) is 2. The van der Waals surface area contributed by atoms with Gasteiger partial charge in [0, 0.05) is 18.5 Å². The van der Waals surface area contributed by atoms with Gasteiger partial charge in [0.15, 0.2) is 0 Å². The van der Waals surface area contributed by atoms with Crippen molar-refractivity contribution in [1.29, 1.82) is 0 Å². The van der Waals surface area contributed by atoms with E-state index in [-0.39, 0.29) is 30.3 Å². The smallest absolute Gasteiger partial charge is 0.223 e. The number of carbonyl (C=O) groups excluding carboxylic acids is 1. The van der Waals surface area contributed by atoms with E-state index in [2.05, 4.69) is 19.2 Å². The van der Waals surface area contributed by atoms with E-state index in [1.165, 1.54) is 44.9 Å². The minimum atomic E-state index is 0. The van der Waals surface area contributed by atoms with Gasteiger partial charge in [0.1, 0.15) is 0 Å². The topological polar surface area (TPSA) is 55.1 Å². The third-order valence-electron chi connectivity index (χ3n) is 5.19. The molecule has 0 aromatic heterocycles. The molecular weight excluding hydrogens is 284 g/mol. The summed E-state index contributed by atoms with van der Waals surface area (Å²) in [5, 5.41) is 3.11. The van der Waals surface area contributed by atoms with Crippen LogP contribution in [-0.4, -0.2) is 18.5 Å². The molecule has 0 aromatic rings. The van der Waals surface area contributed by atoms with Crippen molar-refractivity contribution in [3.8, 4) is 0 Å². The van der Waals surface area contributed by atoms with Gasteiger partial charge < -0.3 is 11.1 Å². The zero-order valence-corrected chi connectivity index (χ0v) is 14.5. The van der Waals surface area contributed by atoms with Gasteiger partial charge in [0.25, 0.3) is 0 Å². The Kier molecular flexibility index (Phi) is 8.04. The maximum atomic E-state index is 12.4. The van der Waals surface area contributed by atoms with E-state index in [9.17, 15) is 4.79 Å². The molecule has 0 radical (unpaired) electrons. The van der Waals surface area contributed by atoms with Crippen LogP contribution < -0.4 is 11.1 Å². The molecule has 0 spiro atoms. The highest BCUT2D eigenvalue weighted by Crippen LogP contribution is 2.32. The standard InChI is InChI=1S/C17H32N2O.ClH/c1-12(2)15(10-13-6-4-3-5-7-13)17(20)19-11-16(18)14-8-9-14;/h12-16H,3-11,18H2,1-2H3,(H,19,20);1H. The largest absolute Gasteiger partial charge is 0.354 e. The van der Waals surface area contributed by atoms with Crippen LogP contribution in [0.3, 0.4) is 0 Å². The average molecular weight is 317 g/mol. The summed E-state index contributed by atoms with van der Waals surface area (Å²) >= 11 is 0. The fourth-order valence-electron chi connectivity index (χ4n) is 3.50. The molecule has 2 rings (SSSR count). The Morgan fingerprint density at radius 1 is 1.14 bits per heavy atom. The summed E-state index contributed by atoms with van der Waals surface area (Å²) in [4.78, 5) is 12.4. The second-order valence-electron chi connectivity index (χ2n) is 7.34. The van der Waals surface area contributed by atoms with E-state index in [1.807, 2.05) is 0 Å². The summed E-state index contributed by atoms with van der Waals surface area (Å²) in [5.41, 5.74) is 6.07. The number of carbonyl (C=O) groups is 1. The lowest BCUT2D eigenvalue weighted by Gasteiger charge is -2.28. The van der Waals surface area contributed by atoms with Crippen molar-refractivity contribution in [3.05, 3.63) is 0 Å². The Morgan fingerprint density at radius 2 is 1.76 bits per heavy atom. The van der Waals surface area contributed by atoms with Crippen LogP contribution in [0.2, 0.25) is 0 Å². The van der Waals surface area contributed by atoms with Crippen molar-refractivity contribution in [2.75, 3.05) is 6.54 Å². The van der Waals surface area contributed by atoms with Crippen molar-refractivity contribution in [2.24, 2.45) is 29.4 Å². The van der Waals surface area contributed by atoms with Gasteiger partial charge in [-0.05, 0) is 37.0 Å². The molecule has 2 aliphatic rings. The first kappa shape index (κ1) is 18.8. The molecular formula is C17H33ClN2O. The zero-order chi connectivity index (χ0) is 14.5. The molecule has 3 nitrogen and oxygen atoms in total. The summed E-state index contributed by atoms with van der Waals surface area (Å²) in [6.07, 6.45) is 10.3. The molecule has 0 aliphatic heterocycles. The normalized spacial score (nSPS) is 22.5. The van der Waals surface area contributed by atoms with E-state index >= 15 is 0 Å². The van der Waals surface area contributed by atoms with Crippen molar-refractivity contribution < 1.29 is 4.79 Å². The van der Waals surface area contributed by atoms with Crippen LogP contribution in [-0.2, 0) is 4.79 Å². The maximum Gasteiger partial charge on any atom is 0.223 e. The molecule has 2 atom stereocenters. The van der Waals surface area contributed by atoms with E-state index < -0.39 is 0 Å². The molecule has 4 heteroatoms.